The van der Waals surface area contributed by atoms with E-state index in [1.165, 1.54) is 0 Å². The first kappa shape index (κ1) is 11.4. The van der Waals surface area contributed by atoms with Gasteiger partial charge in [0.15, 0.2) is 0 Å². The van der Waals surface area contributed by atoms with Crippen molar-refractivity contribution in [3.05, 3.63) is 0 Å². The van der Waals surface area contributed by atoms with Gasteiger partial charge in [0.25, 0.3) is 0 Å². The summed E-state index contributed by atoms with van der Waals surface area (Å²) in [6.45, 7) is 2.17. The fourth-order valence-electron chi connectivity index (χ4n) is 0.409. The van der Waals surface area contributed by atoms with Crippen LogP contribution in [0, 0.1) is 0 Å². The van der Waals surface area contributed by atoms with Gasteiger partial charge in [-0.15, -0.1) is 0 Å². The zero-order valence-corrected chi connectivity index (χ0v) is 8.64. The van der Waals surface area contributed by atoms with Crippen LogP contribution < -0.4 is 0 Å². The summed E-state index contributed by atoms with van der Waals surface area (Å²) in [5.74, 6) is 0. The van der Waals surface area contributed by atoms with E-state index in [0.717, 1.165) is 13.8 Å². The fourth-order valence-corrected chi connectivity index (χ4v) is 2.74. The summed E-state index contributed by atoms with van der Waals surface area (Å²) in [5.41, 5.74) is 0. The summed E-state index contributed by atoms with van der Waals surface area (Å²) in [7, 11) is 0.244. The standard InChI is InChI=1S/C4H10F4O2Te/c1-4(2)10-11(5,6,7,8)9-3/h4H,1-3H3. The molecular weight excluding hydrogens is 284 g/mol. The molecule has 0 aliphatic rings. The van der Waals surface area contributed by atoms with Gasteiger partial charge in [-0.25, -0.2) is 0 Å². The fraction of sp³-hybridized carbons (Fsp3) is 1.00. The number of hydrogen-bond donors (Lipinski definition) is 0. The Morgan fingerprint density at radius 1 is 1.09 bits per heavy atom. The van der Waals surface area contributed by atoms with E-state index in [0.29, 0.717) is 0 Å². The van der Waals surface area contributed by atoms with E-state index in [1.807, 2.05) is 0 Å². The molecule has 0 rings (SSSR count). The van der Waals surface area contributed by atoms with E-state index < -0.39 is 24.6 Å². The molecule has 0 bridgehead atoms. The molecule has 0 unspecified atom stereocenters. The summed E-state index contributed by atoms with van der Waals surface area (Å²) in [4.78, 5) is 0. The van der Waals surface area contributed by atoms with Crippen LogP contribution >= 0.6 is 0 Å². The predicted octanol–water partition coefficient (Wildman–Crippen LogP) is 2.27. The Balaban J connectivity index is 4.64. The molecule has 0 N–H and O–H groups in total. The zero-order valence-electron chi connectivity index (χ0n) is 6.31. The molecule has 0 aliphatic heterocycles. The van der Waals surface area contributed by atoms with E-state index in [4.69, 9.17) is 0 Å². The van der Waals surface area contributed by atoms with Crippen LogP contribution in [0.3, 0.4) is 0 Å². The van der Waals surface area contributed by atoms with E-state index in [1.54, 1.807) is 0 Å². The molecule has 0 saturated carbocycles. The van der Waals surface area contributed by atoms with E-state index in [9.17, 15) is 11.6 Å². The SMILES string of the molecule is CO[Te](F)(F)(F)(F)OC(C)C. The molecule has 0 spiro atoms. The van der Waals surface area contributed by atoms with E-state index >= 15 is 0 Å². The van der Waals surface area contributed by atoms with Crippen molar-refractivity contribution in [1.29, 1.82) is 0 Å². The van der Waals surface area contributed by atoms with Crippen LogP contribution in [0.25, 0.3) is 0 Å². The Bertz CT molecular complexity index is 159. The second-order valence-corrected chi connectivity index (χ2v) is 9.00. The van der Waals surface area contributed by atoms with Crippen molar-refractivity contribution in [2.45, 2.75) is 20.0 Å². The van der Waals surface area contributed by atoms with Gasteiger partial charge in [-0.1, -0.05) is 0 Å². The van der Waals surface area contributed by atoms with Crippen LogP contribution in [0.2, 0.25) is 0 Å². The first-order chi connectivity index (χ1) is 4.48. The molecule has 0 aromatic rings. The molecule has 0 aromatic carbocycles. The Morgan fingerprint density at radius 3 is 1.55 bits per heavy atom. The molecule has 2 nitrogen and oxygen atoms in total. The van der Waals surface area contributed by atoms with Crippen molar-refractivity contribution in [2.24, 2.45) is 0 Å². The average Bonchev–Trinajstić information content (AvgIpc) is 1.59. The van der Waals surface area contributed by atoms with Gasteiger partial charge < -0.3 is 0 Å². The van der Waals surface area contributed by atoms with Crippen LogP contribution in [-0.2, 0) is 6.20 Å². The summed E-state index contributed by atoms with van der Waals surface area (Å²) < 4.78 is 54.9. The Labute approximate surface area is 63.8 Å². The van der Waals surface area contributed by atoms with E-state index in [2.05, 4.69) is 6.20 Å². The molecule has 0 radical (unpaired) electrons. The molecule has 0 atom stereocenters. The monoisotopic (exact) mass is 296 g/mol. The third-order valence-corrected chi connectivity index (χ3v) is 4.68. The molecule has 7 heteroatoms. The summed E-state index contributed by atoms with van der Waals surface area (Å²) in [6, 6.07) is 0. The third-order valence-electron chi connectivity index (χ3n) is 0.697. The molecule has 0 aromatic heterocycles. The molecule has 11 heavy (non-hydrogen) atoms. The second kappa shape index (κ2) is 2.22. The van der Waals surface area contributed by atoms with Gasteiger partial charge >= 0.3 is 63.4 Å². The molecule has 0 heterocycles. The topological polar surface area (TPSA) is 18.5 Å². The average molecular weight is 294 g/mol. The number of rotatable bonds is 3. The van der Waals surface area contributed by atoms with Gasteiger partial charge in [-0.3, -0.25) is 0 Å². The van der Waals surface area contributed by atoms with Crippen LogP contribution in [0.5, 0.6) is 0 Å². The predicted molar refractivity (Wildman–Crippen MR) is 33.4 cm³/mol. The van der Waals surface area contributed by atoms with Crippen molar-refractivity contribution >= 4 is 18.5 Å². The van der Waals surface area contributed by atoms with Crippen LogP contribution in [0.4, 0.5) is 11.6 Å². The summed E-state index contributed by atoms with van der Waals surface area (Å²) in [6.07, 6.45) is -1.26. The normalized spacial score (nSPS) is 19.6. The van der Waals surface area contributed by atoms with Crippen LogP contribution in [0.15, 0.2) is 0 Å². The number of halogens is 4. The van der Waals surface area contributed by atoms with Crippen molar-refractivity contribution in [1.82, 2.24) is 0 Å². The van der Waals surface area contributed by atoms with Gasteiger partial charge in [0.05, 0.1) is 0 Å². The van der Waals surface area contributed by atoms with Crippen LogP contribution in [0.1, 0.15) is 13.8 Å². The third kappa shape index (κ3) is 4.80. The van der Waals surface area contributed by atoms with Gasteiger partial charge in [0.2, 0.25) is 0 Å². The maximum atomic E-state index is 12.2. The minimum atomic E-state index is -9.44. The Hall–Kier alpha value is 0.430. The van der Waals surface area contributed by atoms with E-state index in [-0.39, 0.29) is 7.11 Å². The molecule has 0 saturated heterocycles. The molecule has 72 valence electrons. The summed E-state index contributed by atoms with van der Waals surface area (Å²) in [5, 5.41) is 0. The first-order valence-electron chi connectivity index (χ1n) is 2.75. The molecule has 0 fully saturated rings. The number of hydrogen-bond acceptors (Lipinski definition) is 2. The van der Waals surface area contributed by atoms with Crippen molar-refractivity contribution < 1.29 is 17.8 Å². The zero-order chi connectivity index (χ0) is 9.40. The molecular formula is C4H10F4O2Te. The van der Waals surface area contributed by atoms with Gasteiger partial charge in [-0.2, -0.15) is 0 Å². The van der Waals surface area contributed by atoms with Gasteiger partial charge in [0, 0.05) is 0 Å². The Morgan fingerprint density at radius 2 is 1.45 bits per heavy atom. The van der Waals surface area contributed by atoms with Gasteiger partial charge in [0.1, 0.15) is 0 Å². The van der Waals surface area contributed by atoms with Crippen molar-refractivity contribution in [3.63, 3.8) is 0 Å². The van der Waals surface area contributed by atoms with Crippen molar-refractivity contribution in [2.75, 3.05) is 7.11 Å². The van der Waals surface area contributed by atoms with Crippen LogP contribution in [-0.4, -0.2) is 31.7 Å². The summed E-state index contributed by atoms with van der Waals surface area (Å²) >= 11 is -9.44. The molecule has 0 aliphatic carbocycles. The second-order valence-electron chi connectivity index (χ2n) is 2.23. The minimum absolute atomic E-state index is 0.244. The van der Waals surface area contributed by atoms with Crippen molar-refractivity contribution in [3.8, 4) is 0 Å². The maximum absolute atomic E-state index is 12.2. The Kier molecular flexibility index (Phi) is 2.31. The molecule has 0 amide bonds. The first-order valence-corrected chi connectivity index (χ1v) is 8.18. The quantitative estimate of drug-likeness (QED) is 0.587. The van der Waals surface area contributed by atoms with Gasteiger partial charge in [-0.05, 0) is 0 Å².